The van der Waals surface area contributed by atoms with Crippen molar-refractivity contribution in [3.63, 3.8) is 0 Å². The molecule has 0 aromatic carbocycles. The fourth-order valence-electron chi connectivity index (χ4n) is 2.11. The van der Waals surface area contributed by atoms with Crippen LogP contribution in [0, 0.1) is 0 Å². The molecular weight excluding hydrogens is 216 g/mol. The molecule has 0 saturated carbocycles. The molecule has 0 saturated heterocycles. The monoisotopic (exact) mass is 238 g/mol. The third kappa shape index (κ3) is 3.06. The molecule has 0 spiro atoms. The van der Waals surface area contributed by atoms with Crippen LogP contribution in [0.4, 0.5) is 0 Å². The number of allylic oxidation sites excluding steroid dienone is 1. The number of rotatable bonds is 4. The second-order valence-corrected chi connectivity index (χ2v) is 4.80. The van der Waals surface area contributed by atoms with Gasteiger partial charge in [-0.25, -0.2) is 0 Å². The zero-order valence-corrected chi connectivity index (χ0v) is 10.8. The predicted octanol–water partition coefficient (Wildman–Crippen LogP) is 2.31. The molecule has 1 aliphatic heterocycles. The van der Waals surface area contributed by atoms with Gasteiger partial charge in [-0.3, -0.25) is 0 Å². The van der Waals surface area contributed by atoms with E-state index >= 15 is 0 Å². The Balaban J connectivity index is 3.02. The Morgan fingerprint density at radius 1 is 1.71 bits per heavy atom. The quantitative estimate of drug-likeness (QED) is 0.739. The van der Waals surface area contributed by atoms with Crippen molar-refractivity contribution in [3.8, 4) is 0 Å². The van der Waals surface area contributed by atoms with Crippen LogP contribution in [0.3, 0.4) is 0 Å². The summed E-state index contributed by atoms with van der Waals surface area (Å²) in [6, 6.07) is 0. The highest BCUT2D eigenvalue weighted by Gasteiger charge is 2.47. The van der Waals surface area contributed by atoms with Crippen molar-refractivity contribution in [2.24, 2.45) is 0 Å². The van der Waals surface area contributed by atoms with E-state index in [4.69, 9.17) is 4.74 Å². The van der Waals surface area contributed by atoms with Crippen molar-refractivity contribution in [1.82, 2.24) is 0 Å². The van der Waals surface area contributed by atoms with Gasteiger partial charge >= 0.3 is 0 Å². The van der Waals surface area contributed by atoms with Crippen molar-refractivity contribution < 1.29 is 14.9 Å². The van der Waals surface area contributed by atoms with E-state index in [0.717, 1.165) is 12.0 Å². The van der Waals surface area contributed by atoms with E-state index in [0.29, 0.717) is 6.42 Å². The maximum absolute atomic E-state index is 10.5. The topological polar surface area (TPSA) is 49.7 Å². The lowest BCUT2D eigenvalue weighted by molar-refractivity contribution is -0.272. The molecule has 0 aromatic heterocycles. The zero-order valence-electron chi connectivity index (χ0n) is 10.8. The Bertz CT molecular complexity index is 341. The van der Waals surface area contributed by atoms with Crippen molar-refractivity contribution in [2.45, 2.75) is 51.1 Å². The van der Waals surface area contributed by atoms with Crippen molar-refractivity contribution in [3.05, 3.63) is 36.5 Å². The molecule has 96 valence electrons. The molecule has 1 aliphatic rings. The third-order valence-corrected chi connectivity index (χ3v) is 2.98. The number of ether oxygens (including phenoxy) is 1. The van der Waals surface area contributed by atoms with Gasteiger partial charge in [0.15, 0.2) is 0 Å². The van der Waals surface area contributed by atoms with Crippen LogP contribution in [0.25, 0.3) is 0 Å². The molecule has 3 atom stereocenters. The van der Waals surface area contributed by atoms with Crippen molar-refractivity contribution in [2.75, 3.05) is 0 Å². The smallest absolute Gasteiger partial charge is 0.219 e. The van der Waals surface area contributed by atoms with Crippen LogP contribution in [-0.4, -0.2) is 27.7 Å². The Labute approximate surface area is 103 Å². The van der Waals surface area contributed by atoms with Crippen LogP contribution < -0.4 is 0 Å². The molecule has 3 nitrogen and oxygen atoms in total. The average molecular weight is 238 g/mol. The molecule has 0 amide bonds. The van der Waals surface area contributed by atoms with Gasteiger partial charge in [0, 0.05) is 0 Å². The summed E-state index contributed by atoms with van der Waals surface area (Å²) in [5.41, 5.74) is -0.432. The standard InChI is InChI=1S/C14H22O3/c1-5-7-12-9-11(3)10-14(16,17-12)13(4,15)8-6-2/h5-6,8,10,12,15-16H,1,7,9H2,2-4H3/b8-6+/t12-,13+,14-/m0/s1. The van der Waals surface area contributed by atoms with Crippen LogP contribution in [0.15, 0.2) is 36.5 Å². The highest BCUT2D eigenvalue weighted by atomic mass is 16.6. The molecule has 3 heteroatoms. The largest absolute Gasteiger partial charge is 0.380 e. The number of hydrogen-bond acceptors (Lipinski definition) is 3. The van der Waals surface area contributed by atoms with E-state index in [9.17, 15) is 10.2 Å². The fourth-order valence-corrected chi connectivity index (χ4v) is 2.11. The number of aliphatic hydroxyl groups is 2. The second kappa shape index (κ2) is 5.17. The summed E-state index contributed by atoms with van der Waals surface area (Å²) in [6.45, 7) is 8.92. The Hall–Kier alpha value is -0.900. The minimum atomic E-state index is -1.67. The summed E-state index contributed by atoms with van der Waals surface area (Å²) in [4.78, 5) is 0. The molecule has 0 bridgehead atoms. The third-order valence-electron chi connectivity index (χ3n) is 2.98. The van der Waals surface area contributed by atoms with Crippen LogP contribution in [0.5, 0.6) is 0 Å². The highest BCUT2D eigenvalue weighted by Crippen LogP contribution is 2.35. The Kier molecular flexibility index (Phi) is 4.31. The maximum atomic E-state index is 10.5. The molecular formula is C14H22O3. The molecule has 0 unspecified atom stereocenters. The summed E-state index contributed by atoms with van der Waals surface area (Å²) in [6.07, 6.45) is 7.84. The van der Waals surface area contributed by atoms with Gasteiger partial charge in [-0.1, -0.05) is 23.8 Å². The SMILES string of the molecule is C=CC[C@H]1CC(C)=C[C@@](O)([C@](C)(O)/C=C/C)O1. The lowest BCUT2D eigenvalue weighted by Gasteiger charge is -2.42. The van der Waals surface area contributed by atoms with Crippen molar-refractivity contribution >= 4 is 0 Å². The van der Waals surface area contributed by atoms with E-state index in [1.54, 1.807) is 25.2 Å². The molecule has 1 heterocycles. The van der Waals surface area contributed by atoms with Gasteiger partial charge in [-0.15, -0.1) is 6.58 Å². The summed E-state index contributed by atoms with van der Waals surface area (Å²) in [5.74, 6) is -1.67. The number of hydrogen-bond donors (Lipinski definition) is 2. The first-order chi connectivity index (χ1) is 7.84. The van der Waals surface area contributed by atoms with E-state index in [2.05, 4.69) is 6.58 Å². The molecule has 0 radical (unpaired) electrons. The van der Waals surface area contributed by atoms with E-state index in [1.807, 2.05) is 6.92 Å². The molecule has 0 aliphatic carbocycles. The first-order valence-electron chi connectivity index (χ1n) is 5.90. The van der Waals surface area contributed by atoms with Crippen LogP contribution in [0.1, 0.15) is 33.6 Å². The second-order valence-electron chi connectivity index (χ2n) is 4.80. The lowest BCUT2D eigenvalue weighted by atomic mass is 9.88. The van der Waals surface area contributed by atoms with Gasteiger partial charge in [-0.05, 0) is 39.7 Å². The Morgan fingerprint density at radius 3 is 2.88 bits per heavy atom. The van der Waals surface area contributed by atoms with Crippen LogP contribution in [-0.2, 0) is 4.74 Å². The summed E-state index contributed by atoms with van der Waals surface area (Å²) < 4.78 is 5.61. The highest BCUT2D eigenvalue weighted by molar-refractivity contribution is 5.20. The van der Waals surface area contributed by atoms with Gasteiger partial charge < -0.3 is 14.9 Å². The van der Waals surface area contributed by atoms with E-state index < -0.39 is 11.4 Å². The fraction of sp³-hybridized carbons (Fsp3) is 0.571. The van der Waals surface area contributed by atoms with Gasteiger partial charge in [-0.2, -0.15) is 0 Å². The van der Waals surface area contributed by atoms with Gasteiger partial charge in [0.2, 0.25) is 5.79 Å². The molecule has 0 fully saturated rings. The maximum Gasteiger partial charge on any atom is 0.219 e. The molecule has 1 rings (SSSR count). The summed E-state index contributed by atoms with van der Waals surface area (Å²) >= 11 is 0. The summed E-state index contributed by atoms with van der Waals surface area (Å²) in [7, 11) is 0. The first kappa shape index (κ1) is 14.2. The van der Waals surface area contributed by atoms with Crippen molar-refractivity contribution in [1.29, 1.82) is 0 Å². The van der Waals surface area contributed by atoms with Crippen LogP contribution >= 0.6 is 0 Å². The van der Waals surface area contributed by atoms with Crippen LogP contribution in [0.2, 0.25) is 0 Å². The molecule has 17 heavy (non-hydrogen) atoms. The van der Waals surface area contributed by atoms with E-state index in [-0.39, 0.29) is 6.10 Å². The molecule has 2 N–H and O–H groups in total. The molecule has 0 aromatic rings. The predicted molar refractivity (Wildman–Crippen MR) is 68.4 cm³/mol. The van der Waals surface area contributed by atoms with Gasteiger partial charge in [0.1, 0.15) is 5.60 Å². The zero-order chi connectivity index (χ0) is 13.1. The summed E-state index contributed by atoms with van der Waals surface area (Å²) in [5, 5.41) is 20.7. The normalized spacial score (nSPS) is 33.2. The van der Waals surface area contributed by atoms with E-state index in [1.165, 1.54) is 13.0 Å². The Morgan fingerprint density at radius 2 is 2.35 bits per heavy atom. The average Bonchev–Trinajstić information content (AvgIpc) is 2.16. The van der Waals surface area contributed by atoms with Gasteiger partial charge in [0.25, 0.3) is 0 Å². The minimum absolute atomic E-state index is 0.140. The lowest BCUT2D eigenvalue weighted by Crippen LogP contribution is -2.55. The van der Waals surface area contributed by atoms with Gasteiger partial charge in [0.05, 0.1) is 6.10 Å². The minimum Gasteiger partial charge on any atom is -0.380 e. The first-order valence-corrected chi connectivity index (χ1v) is 5.90.